The van der Waals surface area contributed by atoms with E-state index in [1.54, 1.807) is 24.3 Å². The average molecular weight is 304 g/mol. The molecule has 0 unspecified atom stereocenters. The van der Waals surface area contributed by atoms with Crippen molar-refractivity contribution < 1.29 is 4.79 Å². The molecule has 3 aromatic rings. The maximum atomic E-state index is 12.1. The van der Waals surface area contributed by atoms with Crippen LogP contribution in [0.4, 0.5) is 5.69 Å². The van der Waals surface area contributed by atoms with Gasteiger partial charge in [-0.1, -0.05) is 12.1 Å². The van der Waals surface area contributed by atoms with Crippen LogP contribution < -0.4 is 5.32 Å². The molecule has 2 heterocycles. The summed E-state index contributed by atoms with van der Waals surface area (Å²) in [6, 6.07) is 14.8. The highest BCUT2D eigenvalue weighted by molar-refractivity contribution is 5.91. The number of fused-ring (bicyclic) bond motifs is 1. The molecule has 0 saturated heterocycles. The first-order valence-electron chi connectivity index (χ1n) is 7.40. The van der Waals surface area contributed by atoms with Crippen molar-refractivity contribution in [2.45, 2.75) is 19.8 Å². The summed E-state index contributed by atoms with van der Waals surface area (Å²) < 4.78 is 2.01. The van der Waals surface area contributed by atoms with Gasteiger partial charge >= 0.3 is 0 Å². The molecule has 23 heavy (non-hydrogen) atoms. The number of anilines is 1. The largest absolute Gasteiger partial charge is 0.326 e. The van der Waals surface area contributed by atoms with Crippen molar-refractivity contribution in [3.05, 3.63) is 65.6 Å². The van der Waals surface area contributed by atoms with Gasteiger partial charge in [-0.05, 0) is 43.7 Å². The monoisotopic (exact) mass is 304 g/mol. The van der Waals surface area contributed by atoms with Crippen LogP contribution in [0, 0.1) is 18.3 Å². The number of aromatic nitrogens is 2. The Morgan fingerprint density at radius 3 is 3.00 bits per heavy atom. The van der Waals surface area contributed by atoms with Gasteiger partial charge in [0, 0.05) is 24.0 Å². The predicted octanol–water partition coefficient (Wildman–Crippen LogP) is 3.09. The van der Waals surface area contributed by atoms with Gasteiger partial charge in [-0.3, -0.25) is 4.79 Å². The number of nitrogens with zero attached hydrogens (tertiary/aromatic N) is 3. The Morgan fingerprint density at radius 1 is 1.30 bits per heavy atom. The summed E-state index contributed by atoms with van der Waals surface area (Å²) in [6.07, 6.45) is 2.93. The first-order chi connectivity index (χ1) is 11.2. The van der Waals surface area contributed by atoms with Crippen LogP contribution in [-0.2, 0) is 11.2 Å². The Balaban J connectivity index is 1.69. The van der Waals surface area contributed by atoms with Crippen molar-refractivity contribution in [1.82, 2.24) is 9.38 Å². The third-order valence-electron chi connectivity index (χ3n) is 3.69. The summed E-state index contributed by atoms with van der Waals surface area (Å²) in [6.45, 7) is 1.95. The summed E-state index contributed by atoms with van der Waals surface area (Å²) in [5.41, 5.74) is 4.04. The van der Waals surface area contributed by atoms with Gasteiger partial charge in [0.25, 0.3) is 0 Å². The molecule has 0 radical (unpaired) electrons. The number of hydrogen-bond acceptors (Lipinski definition) is 3. The zero-order chi connectivity index (χ0) is 16.2. The number of nitriles is 1. The van der Waals surface area contributed by atoms with Crippen LogP contribution in [0.3, 0.4) is 0 Å². The first kappa shape index (κ1) is 14.8. The van der Waals surface area contributed by atoms with Crippen molar-refractivity contribution in [2.24, 2.45) is 0 Å². The van der Waals surface area contributed by atoms with E-state index in [-0.39, 0.29) is 5.91 Å². The molecule has 5 nitrogen and oxygen atoms in total. The highest BCUT2D eigenvalue weighted by Crippen LogP contribution is 2.15. The predicted molar refractivity (Wildman–Crippen MR) is 88.0 cm³/mol. The number of amides is 1. The molecule has 0 spiro atoms. The van der Waals surface area contributed by atoms with Crippen LogP contribution in [-0.4, -0.2) is 15.3 Å². The maximum Gasteiger partial charge on any atom is 0.224 e. The smallest absolute Gasteiger partial charge is 0.224 e. The Bertz CT molecular complexity index is 905. The van der Waals surface area contributed by atoms with Gasteiger partial charge in [-0.2, -0.15) is 5.26 Å². The standard InChI is InChI=1S/C18H16N4O/c1-13-16(22-10-3-2-7-17(22)20-13)8-9-18(23)21-15-6-4-5-14(11-15)12-19/h2-7,10-11H,8-9H2,1H3,(H,21,23). The summed E-state index contributed by atoms with van der Waals surface area (Å²) in [5.74, 6) is -0.0784. The molecular formula is C18H16N4O. The van der Waals surface area contributed by atoms with Crippen molar-refractivity contribution >= 4 is 17.2 Å². The molecule has 3 rings (SSSR count). The van der Waals surface area contributed by atoms with E-state index in [1.807, 2.05) is 35.7 Å². The zero-order valence-electron chi connectivity index (χ0n) is 12.8. The average Bonchev–Trinajstić information content (AvgIpc) is 2.88. The lowest BCUT2D eigenvalue weighted by Crippen LogP contribution is -2.13. The zero-order valence-corrected chi connectivity index (χ0v) is 12.8. The number of rotatable bonds is 4. The Morgan fingerprint density at radius 2 is 2.17 bits per heavy atom. The van der Waals surface area contributed by atoms with E-state index in [4.69, 9.17) is 5.26 Å². The molecule has 5 heteroatoms. The molecule has 1 N–H and O–H groups in total. The minimum Gasteiger partial charge on any atom is -0.326 e. The van der Waals surface area contributed by atoms with Gasteiger partial charge < -0.3 is 9.72 Å². The second-order valence-electron chi connectivity index (χ2n) is 5.31. The van der Waals surface area contributed by atoms with Crippen LogP contribution in [0.1, 0.15) is 23.4 Å². The molecule has 0 atom stereocenters. The summed E-state index contributed by atoms with van der Waals surface area (Å²) >= 11 is 0. The van der Waals surface area contributed by atoms with Gasteiger partial charge in [0.05, 0.1) is 17.3 Å². The molecule has 0 aliphatic heterocycles. The van der Waals surface area contributed by atoms with Crippen LogP contribution in [0.25, 0.3) is 5.65 Å². The van der Waals surface area contributed by atoms with Crippen molar-refractivity contribution in [3.63, 3.8) is 0 Å². The second-order valence-corrected chi connectivity index (χ2v) is 5.31. The number of carbonyl (C=O) groups excluding carboxylic acids is 1. The minimum atomic E-state index is -0.0784. The van der Waals surface area contributed by atoms with Crippen molar-refractivity contribution in [3.8, 4) is 6.07 Å². The van der Waals surface area contributed by atoms with E-state index in [9.17, 15) is 4.79 Å². The summed E-state index contributed by atoms with van der Waals surface area (Å²) in [7, 11) is 0. The fourth-order valence-electron chi connectivity index (χ4n) is 2.59. The van der Waals surface area contributed by atoms with Crippen molar-refractivity contribution in [1.29, 1.82) is 5.26 Å². The minimum absolute atomic E-state index is 0.0784. The van der Waals surface area contributed by atoms with Gasteiger partial charge in [0.15, 0.2) is 0 Å². The molecule has 0 aliphatic rings. The fraction of sp³-hybridized carbons (Fsp3) is 0.167. The van der Waals surface area contributed by atoms with Gasteiger partial charge in [-0.25, -0.2) is 4.98 Å². The number of benzene rings is 1. The van der Waals surface area contributed by atoms with Crippen molar-refractivity contribution in [2.75, 3.05) is 5.32 Å². The SMILES string of the molecule is Cc1nc2ccccn2c1CCC(=O)Nc1cccc(C#N)c1. The number of nitrogens with one attached hydrogen (secondary N) is 1. The highest BCUT2D eigenvalue weighted by Gasteiger charge is 2.10. The fourth-order valence-corrected chi connectivity index (χ4v) is 2.59. The van der Waals surface area contributed by atoms with E-state index >= 15 is 0 Å². The summed E-state index contributed by atoms with van der Waals surface area (Å²) in [5, 5.41) is 11.7. The van der Waals surface area contributed by atoms with Gasteiger partial charge in [-0.15, -0.1) is 0 Å². The van der Waals surface area contributed by atoms with E-state index in [2.05, 4.69) is 16.4 Å². The second kappa shape index (κ2) is 6.32. The number of imidazole rings is 1. The number of pyridine rings is 1. The first-order valence-corrected chi connectivity index (χ1v) is 7.40. The molecule has 0 aliphatic carbocycles. The molecule has 2 aromatic heterocycles. The summed E-state index contributed by atoms with van der Waals surface area (Å²) in [4.78, 5) is 16.6. The van der Waals surface area contributed by atoms with E-state index < -0.39 is 0 Å². The lowest BCUT2D eigenvalue weighted by Gasteiger charge is -2.06. The Hall–Kier alpha value is -3.13. The third kappa shape index (κ3) is 3.22. The van der Waals surface area contributed by atoms with E-state index in [1.165, 1.54) is 0 Å². The molecule has 0 bridgehead atoms. The number of aryl methyl sites for hydroxylation is 2. The molecule has 0 fully saturated rings. The topological polar surface area (TPSA) is 70.2 Å². The van der Waals surface area contributed by atoms with Crippen LogP contribution in [0.15, 0.2) is 48.7 Å². The van der Waals surface area contributed by atoms with Crippen LogP contribution in [0.5, 0.6) is 0 Å². The Labute approximate surface area is 134 Å². The van der Waals surface area contributed by atoms with Crippen LogP contribution >= 0.6 is 0 Å². The third-order valence-corrected chi connectivity index (χ3v) is 3.69. The number of carbonyl (C=O) groups is 1. The quantitative estimate of drug-likeness (QED) is 0.805. The van der Waals surface area contributed by atoms with E-state index in [0.29, 0.717) is 24.1 Å². The normalized spacial score (nSPS) is 10.4. The van der Waals surface area contributed by atoms with E-state index in [0.717, 1.165) is 17.0 Å². The lowest BCUT2D eigenvalue weighted by atomic mass is 10.2. The van der Waals surface area contributed by atoms with Gasteiger partial charge in [0.2, 0.25) is 5.91 Å². The molecule has 0 saturated carbocycles. The molecule has 1 amide bonds. The molecule has 1 aromatic carbocycles. The van der Waals surface area contributed by atoms with Crippen LogP contribution in [0.2, 0.25) is 0 Å². The van der Waals surface area contributed by atoms with Gasteiger partial charge in [0.1, 0.15) is 5.65 Å². The maximum absolute atomic E-state index is 12.1. The highest BCUT2D eigenvalue weighted by atomic mass is 16.1. The Kier molecular flexibility index (Phi) is 4.07. The number of hydrogen-bond donors (Lipinski definition) is 1. The lowest BCUT2D eigenvalue weighted by molar-refractivity contribution is -0.116. The molecular weight excluding hydrogens is 288 g/mol. The molecule has 114 valence electrons.